The second-order valence-corrected chi connectivity index (χ2v) is 20.0. The fourth-order valence-electron chi connectivity index (χ4n) is 10.5. The maximum Gasteiger partial charge on any atom is 0.329 e. The lowest BCUT2D eigenvalue weighted by Crippen LogP contribution is -2.61. The third-order valence-corrected chi connectivity index (χ3v) is 14.9. The summed E-state index contributed by atoms with van der Waals surface area (Å²) in [6.45, 7) is 12.9. The minimum absolute atomic E-state index is 0.00319. The largest absolute Gasteiger partial charge is 0.460 e. The normalized spacial score (nSPS) is 40.5. The number of esters is 1. The SMILES string of the molecule is CO[C@H]1C[C@@H]2CC[C@@H](C)[C@@](O)(O2)C(=O)C(=O)N2CCCC[C@H]2C(=O)O[C@H]([C@H](C)C[C@@H]2CC[C@H](N=[N+]=[N-])[C@H](OC)C2)C[C@@H](O)[C@H](C)/C=C(\C)[C@@H](O)[C@@H](OC)C(=O)[C@H](C)C[C@H](C)/C=C/C=C/C=C/1C. The molecule has 0 aromatic carbocycles. The number of azide groups is 1. The van der Waals surface area contributed by atoms with Gasteiger partial charge >= 0.3 is 5.97 Å². The molecule has 3 heterocycles. The van der Waals surface area contributed by atoms with Gasteiger partial charge in [-0.15, -0.1) is 0 Å². The van der Waals surface area contributed by atoms with Crippen molar-refractivity contribution in [2.24, 2.45) is 40.6 Å². The summed E-state index contributed by atoms with van der Waals surface area (Å²) in [6, 6.07) is -1.42. The number of hydrogen-bond donors (Lipinski definition) is 3. The first-order valence-electron chi connectivity index (χ1n) is 24.5. The van der Waals surface area contributed by atoms with Gasteiger partial charge in [0, 0.05) is 63.4 Å². The van der Waals surface area contributed by atoms with E-state index in [-0.39, 0.29) is 55.1 Å². The van der Waals surface area contributed by atoms with Gasteiger partial charge in [0.1, 0.15) is 24.4 Å². The van der Waals surface area contributed by atoms with Crippen LogP contribution >= 0.6 is 0 Å². The van der Waals surface area contributed by atoms with Crippen molar-refractivity contribution in [3.8, 4) is 0 Å². The zero-order valence-electron chi connectivity index (χ0n) is 41.6. The molecule has 1 aliphatic carbocycles. The molecule has 1 saturated carbocycles. The Kier molecular flexibility index (Phi) is 21.9. The molecule has 2 saturated heterocycles. The van der Waals surface area contributed by atoms with E-state index in [2.05, 4.69) is 10.0 Å². The lowest BCUT2D eigenvalue weighted by Gasteiger charge is -2.43. The number of allylic oxidation sites excluding steroid dienone is 5. The highest BCUT2D eigenvalue weighted by atomic mass is 16.6. The smallest absolute Gasteiger partial charge is 0.329 e. The molecule has 16 nitrogen and oxygen atoms in total. The number of aliphatic hydroxyl groups is 3. The second-order valence-electron chi connectivity index (χ2n) is 20.0. The van der Waals surface area contributed by atoms with Crippen LogP contribution in [0.3, 0.4) is 0 Å². The number of amides is 1. The molecule has 0 aromatic heterocycles. The van der Waals surface area contributed by atoms with Crippen LogP contribution in [0.4, 0.5) is 0 Å². The van der Waals surface area contributed by atoms with Crippen LogP contribution in [-0.4, -0.2) is 132 Å². The molecule has 16 heteroatoms. The van der Waals surface area contributed by atoms with Gasteiger partial charge in [-0.2, -0.15) is 0 Å². The molecule has 3 fully saturated rings. The van der Waals surface area contributed by atoms with Crippen LogP contribution in [0.1, 0.15) is 126 Å². The Morgan fingerprint density at radius 2 is 1.63 bits per heavy atom. The van der Waals surface area contributed by atoms with Crippen molar-refractivity contribution >= 4 is 23.4 Å². The van der Waals surface area contributed by atoms with Gasteiger partial charge in [0.05, 0.1) is 30.5 Å². The quantitative estimate of drug-likeness (QED) is 0.0571. The van der Waals surface area contributed by atoms with Crippen molar-refractivity contribution in [2.75, 3.05) is 27.9 Å². The zero-order valence-corrected chi connectivity index (χ0v) is 41.6. The molecular formula is C51H80N4O12. The van der Waals surface area contributed by atoms with E-state index in [1.165, 1.54) is 12.0 Å². The maximum atomic E-state index is 14.4. The number of fused-ring (bicyclic) bond motifs is 3. The number of aliphatic hydroxyl groups excluding tert-OH is 2. The molecular weight excluding hydrogens is 861 g/mol. The lowest BCUT2D eigenvalue weighted by molar-refractivity contribution is -0.265. The molecule has 0 spiro atoms. The Bertz CT molecular complexity index is 1850. The molecule has 376 valence electrons. The summed E-state index contributed by atoms with van der Waals surface area (Å²) in [4.78, 5) is 60.9. The number of ether oxygens (including phenoxy) is 5. The highest BCUT2D eigenvalue weighted by Crippen LogP contribution is 2.38. The number of hydrogen-bond acceptors (Lipinski definition) is 13. The van der Waals surface area contributed by atoms with Gasteiger partial charge in [-0.3, -0.25) is 14.4 Å². The zero-order chi connectivity index (χ0) is 49.6. The van der Waals surface area contributed by atoms with E-state index in [1.54, 1.807) is 41.1 Å². The van der Waals surface area contributed by atoms with Gasteiger partial charge < -0.3 is 43.9 Å². The summed E-state index contributed by atoms with van der Waals surface area (Å²) in [5.74, 6) is -7.38. The molecule has 4 rings (SSSR count). The molecule has 0 radical (unpaired) electrons. The highest BCUT2D eigenvalue weighted by Gasteiger charge is 2.53. The van der Waals surface area contributed by atoms with Crippen molar-refractivity contribution in [1.29, 1.82) is 0 Å². The number of carbonyl (C=O) groups is 4. The summed E-state index contributed by atoms with van der Waals surface area (Å²) in [6.07, 6.45) is 11.4. The van der Waals surface area contributed by atoms with Crippen LogP contribution in [0.15, 0.2) is 52.7 Å². The molecule has 67 heavy (non-hydrogen) atoms. The number of nitrogens with zero attached hydrogens (tertiary/aromatic N) is 4. The van der Waals surface area contributed by atoms with Gasteiger partial charge in [-0.25, -0.2) is 4.79 Å². The van der Waals surface area contributed by atoms with E-state index >= 15 is 0 Å². The van der Waals surface area contributed by atoms with Crippen LogP contribution in [0.2, 0.25) is 0 Å². The van der Waals surface area contributed by atoms with Crippen molar-refractivity contribution < 1.29 is 58.2 Å². The van der Waals surface area contributed by atoms with Gasteiger partial charge in [0.25, 0.3) is 11.7 Å². The van der Waals surface area contributed by atoms with Crippen LogP contribution in [0.5, 0.6) is 0 Å². The Labute approximate surface area is 398 Å². The van der Waals surface area contributed by atoms with Crippen molar-refractivity contribution in [2.45, 2.75) is 186 Å². The minimum Gasteiger partial charge on any atom is -0.460 e. The van der Waals surface area contributed by atoms with Crippen LogP contribution in [0, 0.1) is 35.5 Å². The first kappa shape index (κ1) is 55.9. The van der Waals surface area contributed by atoms with Crippen molar-refractivity contribution in [3.63, 3.8) is 0 Å². The number of cyclic esters (lactones) is 1. The molecule has 3 N–H and O–H groups in total. The highest BCUT2D eigenvalue weighted by molar-refractivity contribution is 6.39. The predicted molar refractivity (Wildman–Crippen MR) is 253 cm³/mol. The van der Waals surface area contributed by atoms with Crippen LogP contribution < -0.4 is 0 Å². The fourth-order valence-corrected chi connectivity index (χ4v) is 10.5. The molecule has 2 bridgehead atoms. The number of piperidine rings is 1. The molecule has 4 aliphatic rings. The number of ketones is 2. The average Bonchev–Trinajstić information content (AvgIpc) is 3.30. The average molecular weight is 941 g/mol. The molecule has 0 unspecified atom stereocenters. The number of rotatable bonds is 7. The molecule has 16 atom stereocenters. The summed E-state index contributed by atoms with van der Waals surface area (Å²) in [5, 5.41) is 39.2. The second kappa shape index (κ2) is 26.3. The van der Waals surface area contributed by atoms with Gasteiger partial charge in [-0.05, 0) is 112 Å². The predicted octanol–water partition coefficient (Wildman–Crippen LogP) is 7.29. The van der Waals surface area contributed by atoms with Gasteiger partial charge in [0.2, 0.25) is 5.79 Å². The Morgan fingerprint density at radius 1 is 0.896 bits per heavy atom. The van der Waals surface area contributed by atoms with E-state index < -0.39 is 83.9 Å². The van der Waals surface area contributed by atoms with E-state index in [1.807, 2.05) is 58.1 Å². The van der Waals surface area contributed by atoms with E-state index in [4.69, 9.17) is 29.2 Å². The summed E-state index contributed by atoms with van der Waals surface area (Å²) in [7, 11) is 4.56. The summed E-state index contributed by atoms with van der Waals surface area (Å²) >= 11 is 0. The number of Topliss-reactive ketones (excluding diaryl/α,β-unsaturated/α-hetero) is 2. The first-order valence-corrected chi connectivity index (χ1v) is 24.5. The van der Waals surface area contributed by atoms with E-state index in [0.29, 0.717) is 63.4 Å². The van der Waals surface area contributed by atoms with Crippen molar-refractivity contribution in [3.05, 3.63) is 58.0 Å². The van der Waals surface area contributed by atoms with E-state index in [9.17, 15) is 34.5 Å². The number of carbonyl (C=O) groups excluding carboxylic acids is 4. The lowest BCUT2D eigenvalue weighted by atomic mass is 9.77. The monoisotopic (exact) mass is 941 g/mol. The molecule has 1 amide bonds. The van der Waals surface area contributed by atoms with Crippen molar-refractivity contribution in [1.82, 2.24) is 4.90 Å². The standard InChI is InChI=1S/C51H80N4O12/c1-30-16-12-11-13-17-31(2)42(63-8)28-38-21-19-36(7)51(62,67-38)48(59)49(60)55-23-15-14-18-40(55)50(61)66-43(33(4)26-37-20-22-39(53-54-52)44(27-37)64-9)29-41(56)32(3)25-35(6)46(58)47(65-10)45(57)34(5)24-30/h11-13,16-17,25,30,32-34,36-44,46-47,56,58,62H,14-15,18-24,26-29H2,1-10H3/b13-11+,16-12+,31-17+,35-25+/t30-,32-,33-,34-,36-,37+,38+,39+,40+,41-,42+,43+,44-,46-,47+,51-/m1/s1. The van der Waals surface area contributed by atoms with Crippen LogP contribution in [-0.2, 0) is 42.9 Å². The van der Waals surface area contributed by atoms with E-state index in [0.717, 1.165) is 12.0 Å². The number of methoxy groups -OCH3 is 3. The van der Waals surface area contributed by atoms with Crippen LogP contribution in [0.25, 0.3) is 10.4 Å². The Hall–Kier alpha value is -3.73. The minimum atomic E-state index is -2.43. The Balaban J connectivity index is 1.70. The summed E-state index contributed by atoms with van der Waals surface area (Å²) < 4.78 is 29.6. The third-order valence-electron chi connectivity index (χ3n) is 14.9. The van der Waals surface area contributed by atoms with Gasteiger partial charge in [-0.1, -0.05) is 76.2 Å². The fraction of sp³-hybridized carbons (Fsp3) is 0.765. The molecule has 3 aliphatic heterocycles. The topological polar surface area (TPSA) is 227 Å². The Morgan fingerprint density at radius 3 is 2.30 bits per heavy atom. The molecule has 0 aromatic rings. The summed E-state index contributed by atoms with van der Waals surface area (Å²) in [5.41, 5.74) is 10.4. The maximum absolute atomic E-state index is 14.4. The third kappa shape index (κ3) is 14.9. The first-order chi connectivity index (χ1) is 31.8. The van der Waals surface area contributed by atoms with Gasteiger partial charge in [0.15, 0.2) is 5.78 Å².